The van der Waals surface area contributed by atoms with E-state index in [4.69, 9.17) is 0 Å². The third-order valence-electron chi connectivity index (χ3n) is 3.94. The normalized spacial score (nSPS) is 31.6. The Morgan fingerprint density at radius 3 is 2.31 bits per heavy atom. The van der Waals surface area contributed by atoms with Gasteiger partial charge in [-0.05, 0) is 31.9 Å². The Morgan fingerprint density at radius 2 is 1.81 bits per heavy atom. The molecule has 0 bridgehead atoms. The lowest BCUT2D eigenvalue weighted by atomic mass is 9.94. The minimum atomic E-state index is 0.544. The molecule has 88 valence electrons. The Bertz CT molecular complexity index is 354. The van der Waals surface area contributed by atoms with Crippen molar-refractivity contribution in [2.24, 2.45) is 5.92 Å². The summed E-state index contributed by atoms with van der Waals surface area (Å²) in [5.41, 5.74) is 3.48. The van der Waals surface area contributed by atoms with E-state index in [2.05, 4.69) is 43.1 Å². The third-order valence-corrected chi connectivity index (χ3v) is 3.94. The predicted molar refractivity (Wildman–Crippen MR) is 69.8 cm³/mol. The number of piperidine rings is 1. The van der Waals surface area contributed by atoms with Crippen LogP contribution in [0.4, 0.5) is 0 Å². The molecule has 1 aromatic carbocycles. The molecular formula is C15H23N. The summed E-state index contributed by atoms with van der Waals surface area (Å²) >= 11 is 0. The SMILES string of the molecule is CC.Cc1ccc(C23CC2CN(C)C3)cc1. The van der Waals surface area contributed by atoms with E-state index in [0.717, 1.165) is 5.92 Å². The van der Waals surface area contributed by atoms with E-state index in [0.29, 0.717) is 5.41 Å². The molecule has 0 N–H and O–H groups in total. The fraction of sp³-hybridized carbons (Fsp3) is 0.600. The summed E-state index contributed by atoms with van der Waals surface area (Å²) in [4.78, 5) is 2.47. The van der Waals surface area contributed by atoms with Crippen LogP contribution in [0.2, 0.25) is 0 Å². The molecule has 1 saturated carbocycles. The van der Waals surface area contributed by atoms with Crippen LogP contribution in [0.1, 0.15) is 31.4 Å². The van der Waals surface area contributed by atoms with Crippen molar-refractivity contribution in [1.29, 1.82) is 0 Å². The van der Waals surface area contributed by atoms with Crippen LogP contribution in [-0.2, 0) is 5.41 Å². The molecule has 1 aromatic rings. The molecule has 1 heteroatoms. The Labute approximate surface area is 99.5 Å². The molecule has 2 atom stereocenters. The quantitative estimate of drug-likeness (QED) is 0.698. The summed E-state index contributed by atoms with van der Waals surface area (Å²) in [6, 6.07) is 9.15. The molecule has 0 aromatic heterocycles. The molecular weight excluding hydrogens is 194 g/mol. The number of aryl methyl sites for hydroxylation is 1. The molecule has 3 rings (SSSR count). The van der Waals surface area contributed by atoms with Crippen LogP contribution in [0.15, 0.2) is 24.3 Å². The van der Waals surface area contributed by atoms with Gasteiger partial charge in [0.15, 0.2) is 0 Å². The van der Waals surface area contributed by atoms with E-state index in [1.165, 1.54) is 25.1 Å². The minimum absolute atomic E-state index is 0.544. The number of benzene rings is 1. The lowest BCUT2D eigenvalue weighted by Crippen LogP contribution is -2.22. The Balaban J connectivity index is 0.000000457. The fourth-order valence-corrected chi connectivity index (χ4v) is 3.07. The highest BCUT2D eigenvalue weighted by Gasteiger charge is 2.59. The number of likely N-dealkylation sites (N-methyl/N-ethyl adjacent to an activating group) is 1. The van der Waals surface area contributed by atoms with Gasteiger partial charge in [0.2, 0.25) is 0 Å². The molecule has 16 heavy (non-hydrogen) atoms. The maximum Gasteiger partial charge on any atom is 0.0124 e. The van der Waals surface area contributed by atoms with Gasteiger partial charge in [-0.15, -0.1) is 0 Å². The zero-order valence-corrected chi connectivity index (χ0v) is 11.0. The highest BCUT2D eigenvalue weighted by Crippen LogP contribution is 2.58. The van der Waals surface area contributed by atoms with Gasteiger partial charge in [-0.25, -0.2) is 0 Å². The van der Waals surface area contributed by atoms with E-state index in [-0.39, 0.29) is 0 Å². The van der Waals surface area contributed by atoms with Gasteiger partial charge < -0.3 is 4.90 Å². The van der Waals surface area contributed by atoms with Crippen molar-refractivity contribution in [2.45, 2.75) is 32.6 Å². The number of nitrogens with zero attached hydrogens (tertiary/aromatic N) is 1. The van der Waals surface area contributed by atoms with Gasteiger partial charge in [-0.2, -0.15) is 0 Å². The first kappa shape index (κ1) is 11.7. The van der Waals surface area contributed by atoms with Crippen LogP contribution in [0, 0.1) is 12.8 Å². The summed E-state index contributed by atoms with van der Waals surface area (Å²) in [6.45, 7) is 8.72. The molecule has 1 nitrogen and oxygen atoms in total. The summed E-state index contributed by atoms with van der Waals surface area (Å²) in [7, 11) is 2.24. The monoisotopic (exact) mass is 217 g/mol. The number of rotatable bonds is 1. The third kappa shape index (κ3) is 1.78. The zero-order valence-electron chi connectivity index (χ0n) is 11.0. The first-order chi connectivity index (χ1) is 7.71. The second kappa shape index (κ2) is 4.21. The van der Waals surface area contributed by atoms with Crippen LogP contribution in [0.5, 0.6) is 0 Å². The van der Waals surface area contributed by atoms with Gasteiger partial charge >= 0.3 is 0 Å². The average Bonchev–Trinajstić information content (AvgIpc) is 2.86. The van der Waals surface area contributed by atoms with Crippen molar-refractivity contribution in [3.8, 4) is 0 Å². The largest absolute Gasteiger partial charge is 0.305 e. The smallest absolute Gasteiger partial charge is 0.0124 e. The molecule has 0 amide bonds. The van der Waals surface area contributed by atoms with Gasteiger partial charge in [0.05, 0.1) is 0 Å². The van der Waals surface area contributed by atoms with Crippen molar-refractivity contribution in [3.63, 3.8) is 0 Å². The molecule has 1 heterocycles. The predicted octanol–water partition coefficient (Wildman–Crippen LogP) is 3.22. The average molecular weight is 217 g/mol. The van der Waals surface area contributed by atoms with Crippen molar-refractivity contribution < 1.29 is 0 Å². The summed E-state index contributed by atoms with van der Waals surface area (Å²) in [6.07, 6.45) is 1.42. The molecule has 2 unspecified atom stereocenters. The van der Waals surface area contributed by atoms with Crippen molar-refractivity contribution in [2.75, 3.05) is 20.1 Å². The first-order valence-electron chi connectivity index (χ1n) is 6.46. The number of likely N-dealkylation sites (tertiary alicyclic amines) is 1. The molecule has 1 aliphatic heterocycles. The number of hydrogen-bond acceptors (Lipinski definition) is 1. The van der Waals surface area contributed by atoms with Gasteiger partial charge in [-0.3, -0.25) is 0 Å². The van der Waals surface area contributed by atoms with Crippen molar-refractivity contribution >= 4 is 0 Å². The second-order valence-corrected chi connectivity index (χ2v) is 5.12. The van der Waals surface area contributed by atoms with E-state index in [1.54, 1.807) is 5.56 Å². The van der Waals surface area contributed by atoms with E-state index in [1.807, 2.05) is 13.8 Å². The highest BCUT2D eigenvalue weighted by molar-refractivity contribution is 5.38. The molecule has 1 saturated heterocycles. The van der Waals surface area contributed by atoms with E-state index in [9.17, 15) is 0 Å². The van der Waals surface area contributed by atoms with Gasteiger partial charge in [0.1, 0.15) is 0 Å². The van der Waals surface area contributed by atoms with Crippen LogP contribution in [0.25, 0.3) is 0 Å². The van der Waals surface area contributed by atoms with Crippen LogP contribution >= 0.6 is 0 Å². The number of hydrogen-bond donors (Lipinski definition) is 0. The molecule has 2 fully saturated rings. The molecule has 0 spiro atoms. The van der Waals surface area contributed by atoms with Gasteiger partial charge in [0.25, 0.3) is 0 Å². The van der Waals surface area contributed by atoms with Crippen LogP contribution in [-0.4, -0.2) is 25.0 Å². The minimum Gasteiger partial charge on any atom is -0.305 e. The standard InChI is InChI=1S/C13H17N.C2H6/c1-10-3-5-11(6-4-10)13-7-12(13)8-14(2)9-13;1-2/h3-6,12H,7-9H2,1-2H3;1-2H3. The summed E-state index contributed by atoms with van der Waals surface area (Å²) in [5, 5.41) is 0. The highest BCUT2D eigenvalue weighted by atomic mass is 15.2. The molecule has 1 aliphatic carbocycles. The summed E-state index contributed by atoms with van der Waals surface area (Å²) in [5.74, 6) is 0.940. The Kier molecular flexibility index (Phi) is 3.07. The van der Waals surface area contributed by atoms with E-state index >= 15 is 0 Å². The lowest BCUT2D eigenvalue weighted by molar-refractivity contribution is 0.363. The van der Waals surface area contributed by atoms with Crippen LogP contribution < -0.4 is 0 Å². The summed E-state index contributed by atoms with van der Waals surface area (Å²) < 4.78 is 0. The molecule has 0 radical (unpaired) electrons. The zero-order chi connectivity index (χ0) is 11.8. The van der Waals surface area contributed by atoms with Crippen molar-refractivity contribution in [1.82, 2.24) is 4.90 Å². The first-order valence-corrected chi connectivity index (χ1v) is 6.46. The van der Waals surface area contributed by atoms with Gasteiger partial charge in [-0.1, -0.05) is 43.7 Å². The topological polar surface area (TPSA) is 3.24 Å². The van der Waals surface area contributed by atoms with Gasteiger partial charge in [0, 0.05) is 18.5 Å². The van der Waals surface area contributed by atoms with Crippen LogP contribution in [0.3, 0.4) is 0 Å². The number of fused-ring (bicyclic) bond motifs is 1. The maximum absolute atomic E-state index is 2.47. The Hall–Kier alpha value is -0.820. The molecule has 2 aliphatic rings. The Morgan fingerprint density at radius 1 is 1.19 bits per heavy atom. The fourth-order valence-electron chi connectivity index (χ4n) is 3.07. The second-order valence-electron chi connectivity index (χ2n) is 5.12. The van der Waals surface area contributed by atoms with E-state index < -0.39 is 0 Å². The lowest BCUT2D eigenvalue weighted by Gasteiger charge is -2.16. The maximum atomic E-state index is 2.47. The van der Waals surface area contributed by atoms with Crippen molar-refractivity contribution in [3.05, 3.63) is 35.4 Å².